The van der Waals surface area contributed by atoms with Crippen LogP contribution >= 0.6 is 0 Å². The summed E-state index contributed by atoms with van der Waals surface area (Å²) in [6.07, 6.45) is 10.8. The summed E-state index contributed by atoms with van der Waals surface area (Å²) in [5.41, 5.74) is 0.267. The number of rotatable bonds is 3. The summed E-state index contributed by atoms with van der Waals surface area (Å²) in [5.74, 6) is 0.242. The predicted molar refractivity (Wildman–Crippen MR) is 122 cm³/mol. The zero-order valence-corrected chi connectivity index (χ0v) is 18.7. The Morgan fingerprint density at radius 2 is 1.03 bits per heavy atom. The molecule has 0 radical (unpaired) electrons. The maximum atomic E-state index is 13.1. The van der Waals surface area contributed by atoms with Gasteiger partial charge in [0, 0.05) is 16.7 Å². The van der Waals surface area contributed by atoms with E-state index in [1.54, 1.807) is 0 Å². The van der Waals surface area contributed by atoms with Gasteiger partial charge in [-0.2, -0.15) is 0 Å². The van der Waals surface area contributed by atoms with Crippen molar-refractivity contribution >= 4 is 41.0 Å². The van der Waals surface area contributed by atoms with Gasteiger partial charge >= 0.3 is 18.9 Å². The van der Waals surface area contributed by atoms with Gasteiger partial charge < -0.3 is 9.90 Å². The molecule has 0 spiro atoms. The Balaban J connectivity index is 0.00000304. The number of aromatic carboxylic acids is 1. The van der Waals surface area contributed by atoms with E-state index in [9.17, 15) is 29.1 Å². The standard InChI is InChI=1S/C27H12N2O6.Li/c1-3-14-5-7-19-21(9-14)25(32)28(23(19)30)17-11-16(27(34)35)12-18(13-17)29-24(31)20-8-6-15(4-2)10-22(20)26(29)33;/h1-2,5-13H,(H,34,35);/q;+1/p-1. The van der Waals surface area contributed by atoms with Crippen molar-refractivity contribution in [2.24, 2.45) is 0 Å². The molecule has 0 aromatic heterocycles. The first-order chi connectivity index (χ1) is 16.7. The SMILES string of the molecule is C#Cc1ccc2c(c1)C(=O)N(c1cc(C(=O)[O-])cc(N3C(=O)c4ccc(C#C)cc4C3=O)c1)C2=O.[Li+]. The van der Waals surface area contributed by atoms with Gasteiger partial charge in [-0.05, 0) is 54.6 Å². The number of amides is 4. The molecule has 0 bridgehead atoms. The number of carbonyl (C=O) groups is 5. The van der Waals surface area contributed by atoms with Crippen LogP contribution < -0.4 is 33.8 Å². The maximum Gasteiger partial charge on any atom is 1.00 e. The molecule has 36 heavy (non-hydrogen) atoms. The van der Waals surface area contributed by atoms with Gasteiger partial charge in [0.05, 0.1) is 39.6 Å². The number of fused-ring (bicyclic) bond motifs is 2. The van der Waals surface area contributed by atoms with E-state index in [0.717, 1.165) is 21.9 Å². The second-order valence-electron chi connectivity index (χ2n) is 7.73. The number of carboxylic acid groups (broad SMARTS) is 1. The van der Waals surface area contributed by atoms with E-state index >= 15 is 0 Å². The minimum Gasteiger partial charge on any atom is -0.545 e. The van der Waals surface area contributed by atoms with Crippen molar-refractivity contribution in [2.75, 3.05) is 9.80 Å². The van der Waals surface area contributed by atoms with Crippen molar-refractivity contribution in [1.82, 2.24) is 0 Å². The van der Waals surface area contributed by atoms with Crippen molar-refractivity contribution in [3.63, 3.8) is 0 Å². The molecule has 4 amide bonds. The first-order valence-electron chi connectivity index (χ1n) is 10.1. The molecule has 3 aromatic carbocycles. The molecule has 0 aliphatic carbocycles. The van der Waals surface area contributed by atoms with Crippen LogP contribution in [0.5, 0.6) is 0 Å². The largest absolute Gasteiger partial charge is 1.00 e. The number of hydrogen-bond acceptors (Lipinski definition) is 6. The quantitative estimate of drug-likeness (QED) is 0.267. The average molecular weight is 466 g/mol. The first kappa shape index (κ1) is 24.3. The summed E-state index contributed by atoms with van der Waals surface area (Å²) >= 11 is 0. The Morgan fingerprint density at radius 3 is 1.39 bits per heavy atom. The zero-order chi connectivity index (χ0) is 25.0. The number of carboxylic acids is 1. The number of anilines is 2. The normalized spacial score (nSPS) is 13.6. The van der Waals surface area contributed by atoms with E-state index in [4.69, 9.17) is 12.8 Å². The van der Waals surface area contributed by atoms with Crippen LogP contribution in [0.2, 0.25) is 0 Å². The molecule has 2 aliphatic rings. The molecule has 3 aromatic rings. The van der Waals surface area contributed by atoms with E-state index in [1.807, 2.05) is 0 Å². The van der Waals surface area contributed by atoms with E-state index in [2.05, 4.69) is 11.8 Å². The molecule has 2 heterocycles. The Hall–Kier alpha value is -4.87. The monoisotopic (exact) mass is 466 g/mol. The fourth-order valence-corrected chi connectivity index (χ4v) is 4.10. The van der Waals surface area contributed by atoms with E-state index in [0.29, 0.717) is 11.1 Å². The average Bonchev–Trinajstić information content (AvgIpc) is 3.26. The molecule has 0 unspecified atom stereocenters. The van der Waals surface area contributed by atoms with Gasteiger partial charge in [-0.15, -0.1) is 12.8 Å². The van der Waals surface area contributed by atoms with Gasteiger partial charge in [0.15, 0.2) is 0 Å². The predicted octanol–water partition coefficient (Wildman–Crippen LogP) is -1.38. The molecular formula is C27H11LiN2O6. The first-order valence-corrected chi connectivity index (χ1v) is 10.1. The van der Waals surface area contributed by atoms with Crippen LogP contribution in [0.25, 0.3) is 0 Å². The van der Waals surface area contributed by atoms with E-state index in [-0.39, 0.29) is 52.5 Å². The number of carbonyl (C=O) groups excluding carboxylic acids is 5. The van der Waals surface area contributed by atoms with Gasteiger partial charge in [-0.3, -0.25) is 19.2 Å². The molecular weight excluding hydrogens is 455 g/mol. The fraction of sp³-hybridized carbons (Fsp3) is 0. The number of terminal acetylenes is 2. The molecule has 0 N–H and O–H groups in total. The Bertz CT molecular complexity index is 1530. The minimum atomic E-state index is -1.63. The minimum absolute atomic E-state index is 0. The van der Waals surface area contributed by atoms with Gasteiger partial charge in [-0.1, -0.05) is 11.8 Å². The van der Waals surface area contributed by atoms with Crippen molar-refractivity contribution in [3.05, 3.63) is 93.5 Å². The number of nitrogens with zero attached hydrogens (tertiary/aromatic N) is 2. The van der Waals surface area contributed by atoms with Crippen LogP contribution in [0.4, 0.5) is 11.4 Å². The van der Waals surface area contributed by atoms with Crippen molar-refractivity contribution in [3.8, 4) is 24.7 Å². The number of imide groups is 2. The zero-order valence-electron chi connectivity index (χ0n) is 18.7. The topological polar surface area (TPSA) is 115 Å². The molecule has 9 heteroatoms. The number of benzene rings is 3. The van der Waals surface area contributed by atoms with Crippen molar-refractivity contribution < 1.29 is 47.9 Å². The summed E-state index contributed by atoms with van der Waals surface area (Å²) in [6, 6.07) is 11.9. The summed E-state index contributed by atoms with van der Waals surface area (Å²) in [7, 11) is 0. The third kappa shape index (κ3) is 3.50. The molecule has 5 rings (SSSR count). The summed E-state index contributed by atoms with van der Waals surface area (Å²) in [5, 5.41) is 11.7. The summed E-state index contributed by atoms with van der Waals surface area (Å²) in [4.78, 5) is 65.4. The molecule has 0 saturated carbocycles. The van der Waals surface area contributed by atoms with Gasteiger partial charge in [0.2, 0.25) is 0 Å². The Morgan fingerprint density at radius 1 is 0.639 bits per heavy atom. The summed E-state index contributed by atoms with van der Waals surface area (Å²) < 4.78 is 0. The smallest absolute Gasteiger partial charge is 0.545 e. The van der Waals surface area contributed by atoms with Crippen LogP contribution in [0, 0.1) is 24.7 Å². The Kier molecular flexibility index (Phi) is 5.88. The van der Waals surface area contributed by atoms with Crippen molar-refractivity contribution in [1.29, 1.82) is 0 Å². The van der Waals surface area contributed by atoms with E-state index in [1.165, 1.54) is 42.5 Å². The van der Waals surface area contributed by atoms with E-state index < -0.39 is 35.2 Å². The molecule has 0 saturated heterocycles. The fourth-order valence-electron chi connectivity index (χ4n) is 4.10. The van der Waals surface area contributed by atoms with Crippen LogP contribution in [-0.4, -0.2) is 29.6 Å². The maximum absolute atomic E-state index is 13.1. The van der Waals surface area contributed by atoms with Gasteiger partial charge in [0.25, 0.3) is 23.6 Å². The van der Waals surface area contributed by atoms with Crippen LogP contribution in [0.15, 0.2) is 54.6 Å². The second kappa shape index (κ2) is 8.72. The van der Waals surface area contributed by atoms with Crippen molar-refractivity contribution in [2.45, 2.75) is 0 Å². The van der Waals surface area contributed by atoms with Crippen LogP contribution in [0.1, 0.15) is 62.9 Å². The molecule has 166 valence electrons. The molecule has 0 fully saturated rings. The second-order valence-corrected chi connectivity index (χ2v) is 7.73. The molecule has 8 nitrogen and oxygen atoms in total. The third-order valence-electron chi connectivity index (χ3n) is 5.76. The van der Waals surface area contributed by atoms with Gasteiger partial charge in [0.1, 0.15) is 0 Å². The summed E-state index contributed by atoms with van der Waals surface area (Å²) in [6.45, 7) is 0. The third-order valence-corrected chi connectivity index (χ3v) is 5.76. The Labute approximate surface area is 216 Å². The van der Waals surface area contributed by atoms with Gasteiger partial charge in [-0.25, -0.2) is 9.80 Å². The molecule has 2 aliphatic heterocycles. The molecule has 0 atom stereocenters. The van der Waals surface area contributed by atoms with Crippen LogP contribution in [0.3, 0.4) is 0 Å². The number of hydrogen-bond donors (Lipinski definition) is 0. The van der Waals surface area contributed by atoms with Crippen LogP contribution in [-0.2, 0) is 0 Å².